The van der Waals surface area contributed by atoms with E-state index >= 15 is 0 Å². The molecule has 0 bridgehead atoms. The number of nitrogens with two attached hydrogens (primary N) is 1. The Morgan fingerprint density at radius 2 is 1.93 bits per heavy atom. The summed E-state index contributed by atoms with van der Waals surface area (Å²) in [4.78, 5) is 16.5. The standard InChI is InChI=1S/C20H19FN4O2/c1-27-16-6-2-13(3-7-16)11-23-19-9-4-14(12-24-19)20(26)25-18-10-15(21)5-8-17(18)22/h2-10,12H,11,22H2,1H3,(H,23,24)(H,25,26). The van der Waals surface area contributed by atoms with Gasteiger partial charge in [0.15, 0.2) is 0 Å². The second-order valence-corrected chi connectivity index (χ2v) is 5.82. The number of pyridine rings is 1. The monoisotopic (exact) mass is 366 g/mol. The van der Waals surface area contributed by atoms with Crippen molar-refractivity contribution >= 4 is 23.1 Å². The predicted octanol–water partition coefficient (Wildman–Crippen LogP) is 3.68. The Morgan fingerprint density at radius 1 is 1.15 bits per heavy atom. The average Bonchev–Trinajstić information content (AvgIpc) is 2.70. The third kappa shape index (κ3) is 4.72. The topological polar surface area (TPSA) is 89.3 Å². The number of aromatic nitrogens is 1. The van der Waals surface area contributed by atoms with Crippen LogP contribution in [0, 0.1) is 5.82 Å². The largest absolute Gasteiger partial charge is 0.497 e. The van der Waals surface area contributed by atoms with Crippen LogP contribution in [0.2, 0.25) is 0 Å². The van der Waals surface area contributed by atoms with Crippen LogP contribution in [0.4, 0.5) is 21.6 Å². The van der Waals surface area contributed by atoms with E-state index < -0.39 is 11.7 Å². The van der Waals surface area contributed by atoms with Crippen molar-refractivity contribution in [2.24, 2.45) is 0 Å². The number of hydrogen-bond donors (Lipinski definition) is 3. The van der Waals surface area contributed by atoms with Crippen molar-refractivity contribution in [3.63, 3.8) is 0 Å². The van der Waals surface area contributed by atoms with Gasteiger partial charge in [0.1, 0.15) is 17.4 Å². The second kappa shape index (κ2) is 8.18. The van der Waals surface area contributed by atoms with Crippen LogP contribution in [-0.2, 0) is 6.54 Å². The molecule has 4 N–H and O–H groups in total. The van der Waals surface area contributed by atoms with Gasteiger partial charge in [0.25, 0.3) is 5.91 Å². The zero-order chi connectivity index (χ0) is 19.2. The van der Waals surface area contributed by atoms with Gasteiger partial charge < -0.3 is 21.1 Å². The van der Waals surface area contributed by atoms with Crippen LogP contribution in [0.5, 0.6) is 5.75 Å². The number of carbonyl (C=O) groups is 1. The minimum absolute atomic E-state index is 0.224. The maximum Gasteiger partial charge on any atom is 0.257 e. The average molecular weight is 366 g/mol. The van der Waals surface area contributed by atoms with Crippen LogP contribution in [0.3, 0.4) is 0 Å². The van der Waals surface area contributed by atoms with E-state index in [2.05, 4.69) is 15.6 Å². The third-order valence-electron chi connectivity index (χ3n) is 3.92. The van der Waals surface area contributed by atoms with Crippen molar-refractivity contribution in [3.8, 4) is 5.75 Å². The Balaban J connectivity index is 1.60. The Bertz CT molecular complexity index is 928. The molecule has 0 aliphatic rings. The molecule has 0 fully saturated rings. The number of benzene rings is 2. The highest BCUT2D eigenvalue weighted by Crippen LogP contribution is 2.20. The molecule has 0 aliphatic heterocycles. The molecule has 0 aliphatic carbocycles. The van der Waals surface area contributed by atoms with Crippen LogP contribution in [0.15, 0.2) is 60.8 Å². The lowest BCUT2D eigenvalue weighted by Gasteiger charge is -2.09. The number of halogens is 1. The highest BCUT2D eigenvalue weighted by atomic mass is 19.1. The fourth-order valence-corrected chi connectivity index (χ4v) is 2.40. The molecular formula is C20H19FN4O2. The lowest BCUT2D eigenvalue weighted by Crippen LogP contribution is -2.14. The normalized spacial score (nSPS) is 10.3. The molecular weight excluding hydrogens is 347 g/mol. The summed E-state index contributed by atoms with van der Waals surface area (Å²) in [6.45, 7) is 0.586. The SMILES string of the molecule is COc1ccc(CNc2ccc(C(=O)Nc3cc(F)ccc3N)cn2)cc1. The van der Waals surface area contributed by atoms with Gasteiger partial charge in [-0.25, -0.2) is 9.37 Å². The van der Waals surface area contributed by atoms with Crippen molar-refractivity contribution < 1.29 is 13.9 Å². The number of rotatable bonds is 6. The Hall–Kier alpha value is -3.61. The van der Waals surface area contributed by atoms with E-state index in [0.717, 1.165) is 11.3 Å². The molecule has 3 aromatic rings. The zero-order valence-corrected chi connectivity index (χ0v) is 14.7. The summed E-state index contributed by atoms with van der Waals surface area (Å²) in [7, 11) is 1.62. The summed E-state index contributed by atoms with van der Waals surface area (Å²) in [5, 5.41) is 5.76. The highest BCUT2D eigenvalue weighted by molar-refractivity contribution is 6.05. The zero-order valence-electron chi connectivity index (χ0n) is 14.7. The Morgan fingerprint density at radius 3 is 2.59 bits per heavy atom. The molecule has 7 heteroatoms. The first-order valence-electron chi connectivity index (χ1n) is 8.24. The van der Waals surface area contributed by atoms with Crippen molar-refractivity contribution in [2.45, 2.75) is 6.54 Å². The van der Waals surface area contributed by atoms with Crippen LogP contribution in [0.1, 0.15) is 15.9 Å². The smallest absolute Gasteiger partial charge is 0.257 e. The number of anilines is 3. The van der Waals surface area contributed by atoms with Crippen LogP contribution in [-0.4, -0.2) is 18.0 Å². The summed E-state index contributed by atoms with van der Waals surface area (Å²) in [5.74, 6) is 0.538. The van der Waals surface area contributed by atoms with E-state index in [0.29, 0.717) is 17.9 Å². The Kier molecular flexibility index (Phi) is 5.51. The van der Waals surface area contributed by atoms with Crippen molar-refractivity contribution in [2.75, 3.05) is 23.5 Å². The molecule has 138 valence electrons. The molecule has 0 atom stereocenters. The van der Waals surface area contributed by atoms with Crippen molar-refractivity contribution in [1.29, 1.82) is 0 Å². The van der Waals surface area contributed by atoms with Gasteiger partial charge in [0, 0.05) is 12.7 Å². The van der Waals surface area contributed by atoms with Gasteiger partial charge in [-0.2, -0.15) is 0 Å². The number of ether oxygens (including phenoxy) is 1. The summed E-state index contributed by atoms with van der Waals surface area (Å²) >= 11 is 0. The van der Waals surface area contributed by atoms with E-state index in [4.69, 9.17) is 10.5 Å². The lowest BCUT2D eigenvalue weighted by molar-refractivity contribution is 0.102. The van der Waals surface area contributed by atoms with E-state index in [1.807, 2.05) is 24.3 Å². The quantitative estimate of drug-likeness (QED) is 0.579. The molecule has 0 radical (unpaired) electrons. The molecule has 27 heavy (non-hydrogen) atoms. The summed E-state index contributed by atoms with van der Waals surface area (Å²) in [6, 6.07) is 14.8. The number of amides is 1. The van der Waals surface area contributed by atoms with Gasteiger partial charge >= 0.3 is 0 Å². The van der Waals surface area contributed by atoms with Gasteiger partial charge in [-0.15, -0.1) is 0 Å². The number of nitrogens with zero attached hydrogens (tertiary/aromatic N) is 1. The maximum absolute atomic E-state index is 13.3. The highest BCUT2D eigenvalue weighted by Gasteiger charge is 2.09. The third-order valence-corrected chi connectivity index (χ3v) is 3.92. The second-order valence-electron chi connectivity index (χ2n) is 5.82. The molecule has 6 nitrogen and oxygen atoms in total. The van der Waals surface area contributed by atoms with Gasteiger partial charge in [-0.1, -0.05) is 12.1 Å². The summed E-state index contributed by atoms with van der Waals surface area (Å²) < 4.78 is 18.4. The van der Waals surface area contributed by atoms with E-state index in [1.54, 1.807) is 19.2 Å². The first-order valence-corrected chi connectivity index (χ1v) is 8.24. The maximum atomic E-state index is 13.3. The summed E-state index contributed by atoms with van der Waals surface area (Å²) in [6.07, 6.45) is 1.45. The minimum atomic E-state index is -0.476. The number of methoxy groups -OCH3 is 1. The number of hydrogen-bond acceptors (Lipinski definition) is 5. The van der Waals surface area contributed by atoms with E-state index in [1.165, 1.54) is 24.4 Å². The Labute approximate surface area is 156 Å². The van der Waals surface area contributed by atoms with Crippen LogP contribution >= 0.6 is 0 Å². The number of nitrogen functional groups attached to an aromatic ring is 1. The molecule has 1 aromatic heterocycles. The van der Waals surface area contributed by atoms with E-state index in [-0.39, 0.29) is 11.4 Å². The fraction of sp³-hybridized carbons (Fsp3) is 0.100. The fourth-order valence-electron chi connectivity index (χ4n) is 2.40. The lowest BCUT2D eigenvalue weighted by atomic mass is 10.2. The molecule has 0 saturated heterocycles. The molecule has 3 rings (SSSR count). The van der Waals surface area contributed by atoms with E-state index in [9.17, 15) is 9.18 Å². The molecule has 2 aromatic carbocycles. The van der Waals surface area contributed by atoms with Gasteiger partial charge in [-0.05, 0) is 48.0 Å². The number of carbonyl (C=O) groups excluding carboxylic acids is 1. The minimum Gasteiger partial charge on any atom is -0.497 e. The summed E-state index contributed by atoms with van der Waals surface area (Å²) in [5.41, 5.74) is 7.66. The number of nitrogens with one attached hydrogen (secondary N) is 2. The molecule has 0 unspecified atom stereocenters. The molecule has 0 saturated carbocycles. The molecule has 0 spiro atoms. The van der Waals surface area contributed by atoms with Crippen molar-refractivity contribution in [1.82, 2.24) is 4.98 Å². The van der Waals surface area contributed by atoms with Crippen LogP contribution < -0.4 is 21.1 Å². The molecule has 1 heterocycles. The van der Waals surface area contributed by atoms with Crippen LogP contribution in [0.25, 0.3) is 0 Å². The first kappa shape index (κ1) is 18.2. The van der Waals surface area contributed by atoms with Gasteiger partial charge in [0.2, 0.25) is 0 Å². The first-order chi connectivity index (χ1) is 13.0. The molecule has 1 amide bonds. The van der Waals surface area contributed by atoms with Gasteiger partial charge in [-0.3, -0.25) is 4.79 Å². The van der Waals surface area contributed by atoms with Gasteiger partial charge in [0.05, 0.1) is 24.0 Å². The predicted molar refractivity (Wildman–Crippen MR) is 103 cm³/mol. The van der Waals surface area contributed by atoms with Crippen molar-refractivity contribution in [3.05, 3.63) is 77.7 Å².